The number of rotatable bonds is 8. The van der Waals surface area contributed by atoms with Crippen molar-refractivity contribution in [1.82, 2.24) is 0 Å². The normalized spacial score (nSPS) is 11.0. The summed E-state index contributed by atoms with van der Waals surface area (Å²) >= 11 is 0. The highest BCUT2D eigenvalue weighted by Crippen LogP contribution is 2.39. The SMILES string of the molecule is COc1cc(O)c(C(=O)CCc2ccc(O)cc2)c(O)c1CC=Cc1ccc(O)cc1. The van der Waals surface area contributed by atoms with Crippen LogP contribution in [0.3, 0.4) is 0 Å². The molecule has 0 amide bonds. The summed E-state index contributed by atoms with van der Waals surface area (Å²) in [4.78, 5) is 12.8. The van der Waals surface area contributed by atoms with Crippen molar-refractivity contribution < 1.29 is 30.0 Å². The number of hydrogen-bond acceptors (Lipinski definition) is 6. The average molecular weight is 420 g/mol. The van der Waals surface area contributed by atoms with Gasteiger partial charge in [-0.05, 0) is 48.2 Å². The van der Waals surface area contributed by atoms with E-state index in [0.717, 1.165) is 11.1 Å². The minimum absolute atomic E-state index is 0.0843. The Balaban J connectivity index is 1.81. The highest BCUT2D eigenvalue weighted by Gasteiger charge is 2.22. The molecule has 0 aliphatic rings. The Labute approximate surface area is 180 Å². The number of benzene rings is 3. The number of ketones is 1. The highest BCUT2D eigenvalue weighted by molar-refractivity contribution is 6.02. The van der Waals surface area contributed by atoms with Crippen LogP contribution in [-0.2, 0) is 12.8 Å². The van der Waals surface area contributed by atoms with Crippen LogP contribution < -0.4 is 4.74 Å². The maximum atomic E-state index is 12.8. The zero-order chi connectivity index (χ0) is 22.4. The van der Waals surface area contributed by atoms with Crippen LogP contribution in [0.2, 0.25) is 0 Å². The number of phenols is 4. The average Bonchev–Trinajstić information content (AvgIpc) is 2.76. The lowest BCUT2D eigenvalue weighted by atomic mass is 9.96. The third-order valence-corrected chi connectivity index (χ3v) is 4.95. The Morgan fingerprint density at radius 2 is 1.55 bits per heavy atom. The molecule has 0 aromatic heterocycles. The van der Waals surface area contributed by atoms with Gasteiger partial charge in [-0.2, -0.15) is 0 Å². The molecule has 3 aromatic rings. The monoisotopic (exact) mass is 420 g/mol. The summed E-state index contributed by atoms with van der Waals surface area (Å²) in [5.41, 5.74) is 1.98. The van der Waals surface area contributed by atoms with Crippen LogP contribution in [0.1, 0.15) is 33.5 Å². The number of phenolic OH excluding ortho intramolecular Hbond substituents is 4. The second-order valence-corrected chi connectivity index (χ2v) is 7.09. The van der Waals surface area contributed by atoms with Gasteiger partial charge in [0.05, 0.1) is 7.11 Å². The number of ether oxygens (including phenoxy) is 1. The number of hydrogen-bond donors (Lipinski definition) is 4. The first-order chi connectivity index (χ1) is 14.9. The summed E-state index contributed by atoms with van der Waals surface area (Å²) < 4.78 is 5.28. The fourth-order valence-electron chi connectivity index (χ4n) is 3.27. The molecule has 3 rings (SSSR count). The molecule has 0 saturated carbocycles. The molecule has 0 heterocycles. The Kier molecular flexibility index (Phi) is 6.82. The van der Waals surface area contributed by atoms with Crippen LogP contribution in [0.15, 0.2) is 60.7 Å². The van der Waals surface area contributed by atoms with Crippen LogP contribution in [0.25, 0.3) is 6.08 Å². The van der Waals surface area contributed by atoms with Gasteiger partial charge in [-0.25, -0.2) is 0 Å². The summed E-state index contributed by atoms with van der Waals surface area (Å²) in [7, 11) is 1.42. The summed E-state index contributed by atoms with van der Waals surface area (Å²) in [6.07, 6.45) is 4.37. The zero-order valence-electron chi connectivity index (χ0n) is 17.1. The molecule has 0 bridgehead atoms. The van der Waals surface area contributed by atoms with Gasteiger partial charge in [0.25, 0.3) is 0 Å². The smallest absolute Gasteiger partial charge is 0.170 e. The van der Waals surface area contributed by atoms with Gasteiger partial charge >= 0.3 is 0 Å². The molecule has 160 valence electrons. The molecule has 0 spiro atoms. The van der Waals surface area contributed by atoms with E-state index in [-0.39, 0.29) is 47.2 Å². The molecule has 0 fully saturated rings. The van der Waals surface area contributed by atoms with Crippen molar-refractivity contribution in [2.75, 3.05) is 7.11 Å². The maximum Gasteiger partial charge on any atom is 0.170 e. The molecule has 6 nitrogen and oxygen atoms in total. The molecule has 0 aliphatic heterocycles. The maximum absolute atomic E-state index is 12.8. The number of Topliss-reactive ketones (excluding diaryl/α,β-unsaturated/α-hetero) is 1. The molecule has 4 N–H and O–H groups in total. The van der Waals surface area contributed by atoms with Crippen molar-refractivity contribution in [3.05, 3.63) is 82.9 Å². The number of carbonyl (C=O) groups is 1. The quantitative estimate of drug-likeness (QED) is 0.397. The molecular weight excluding hydrogens is 396 g/mol. The Morgan fingerprint density at radius 1 is 0.935 bits per heavy atom. The van der Waals surface area contributed by atoms with Crippen molar-refractivity contribution in [3.8, 4) is 28.7 Å². The second kappa shape index (κ2) is 9.71. The van der Waals surface area contributed by atoms with Gasteiger partial charge < -0.3 is 25.2 Å². The van der Waals surface area contributed by atoms with E-state index in [9.17, 15) is 25.2 Å². The van der Waals surface area contributed by atoms with Gasteiger partial charge in [0.1, 0.15) is 34.3 Å². The Bertz CT molecular complexity index is 1080. The molecule has 0 unspecified atom stereocenters. The van der Waals surface area contributed by atoms with Crippen molar-refractivity contribution >= 4 is 11.9 Å². The number of aromatic hydroxyl groups is 4. The third kappa shape index (κ3) is 5.36. The van der Waals surface area contributed by atoms with Crippen LogP contribution in [-0.4, -0.2) is 33.3 Å². The van der Waals surface area contributed by atoms with Crippen LogP contribution >= 0.6 is 0 Å². The molecular formula is C25H24O6. The Morgan fingerprint density at radius 3 is 2.16 bits per heavy atom. The van der Waals surface area contributed by atoms with Gasteiger partial charge in [-0.15, -0.1) is 0 Å². The predicted molar refractivity (Wildman–Crippen MR) is 118 cm³/mol. The van der Waals surface area contributed by atoms with Crippen LogP contribution in [0.4, 0.5) is 0 Å². The van der Waals surface area contributed by atoms with Gasteiger partial charge in [-0.1, -0.05) is 36.4 Å². The standard InChI is InChI=1S/C25H24O6/c1-31-23-15-22(29)24(21(28)14-9-17-7-12-19(27)13-8-17)25(30)20(23)4-2-3-16-5-10-18(26)11-6-16/h2-3,5-8,10-13,15,26-27,29-30H,4,9,14H2,1H3. The van der Waals surface area contributed by atoms with Crippen molar-refractivity contribution in [2.24, 2.45) is 0 Å². The van der Waals surface area contributed by atoms with E-state index >= 15 is 0 Å². The minimum atomic E-state index is -0.394. The number of allylic oxidation sites excluding steroid dienone is 1. The van der Waals surface area contributed by atoms with E-state index in [1.54, 1.807) is 54.6 Å². The first-order valence-electron chi connectivity index (χ1n) is 9.77. The lowest BCUT2D eigenvalue weighted by molar-refractivity contribution is 0.0977. The van der Waals surface area contributed by atoms with Gasteiger partial charge in [0.15, 0.2) is 5.78 Å². The Hall–Kier alpha value is -3.93. The second-order valence-electron chi connectivity index (χ2n) is 7.09. The molecule has 31 heavy (non-hydrogen) atoms. The summed E-state index contributed by atoms with van der Waals surface area (Å²) in [5.74, 6) is -0.440. The summed E-state index contributed by atoms with van der Waals surface area (Å²) in [6, 6.07) is 14.5. The van der Waals surface area contributed by atoms with Gasteiger partial charge in [0, 0.05) is 18.1 Å². The highest BCUT2D eigenvalue weighted by atomic mass is 16.5. The van der Waals surface area contributed by atoms with E-state index < -0.39 is 5.78 Å². The molecule has 0 radical (unpaired) electrons. The van der Waals surface area contributed by atoms with E-state index in [1.807, 2.05) is 6.08 Å². The number of carbonyl (C=O) groups excluding carboxylic acids is 1. The summed E-state index contributed by atoms with van der Waals surface area (Å²) in [6.45, 7) is 0. The third-order valence-electron chi connectivity index (χ3n) is 4.95. The van der Waals surface area contributed by atoms with Crippen LogP contribution in [0.5, 0.6) is 28.7 Å². The van der Waals surface area contributed by atoms with E-state index in [2.05, 4.69) is 0 Å². The fraction of sp³-hybridized carbons (Fsp3) is 0.160. The van der Waals surface area contributed by atoms with E-state index in [1.165, 1.54) is 13.2 Å². The molecule has 0 atom stereocenters. The minimum Gasteiger partial charge on any atom is -0.508 e. The molecule has 6 heteroatoms. The van der Waals surface area contributed by atoms with Gasteiger partial charge in [-0.3, -0.25) is 4.79 Å². The predicted octanol–water partition coefficient (Wildman–Crippen LogP) is 4.59. The number of methoxy groups -OCH3 is 1. The van der Waals surface area contributed by atoms with E-state index in [0.29, 0.717) is 12.0 Å². The first-order valence-corrected chi connectivity index (χ1v) is 9.77. The van der Waals surface area contributed by atoms with Crippen molar-refractivity contribution in [3.63, 3.8) is 0 Å². The fourth-order valence-corrected chi connectivity index (χ4v) is 3.27. The summed E-state index contributed by atoms with van der Waals surface area (Å²) in [5, 5.41) is 39.8. The molecule has 0 aliphatic carbocycles. The van der Waals surface area contributed by atoms with E-state index in [4.69, 9.17) is 4.74 Å². The lowest BCUT2D eigenvalue weighted by Gasteiger charge is -2.14. The number of aryl methyl sites for hydroxylation is 1. The van der Waals surface area contributed by atoms with Gasteiger partial charge in [0.2, 0.25) is 0 Å². The molecule has 0 saturated heterocycles. The topological polar surface area (TPSA) is 107 Å². The first kappa shape index (κ1) is 21.8. The molecule has 3 aromatic carbocycles. The zero-order valence-corrected chi connectivity index (χ0v) is 17.1. The van der Waals surface area contributed by atoms with Crippen LogP contribution in [0, 0.1) is 0 Å². The largest absolute Gasteiger partial charge is 0.508 e. The van der Waals surface area contributed by atoms with Crippen molar-refractivity contribution in [1.29, 1.82) is 0 Å². The van der Waals surface area contributed by atoms with Crippen molar-refractivity contribution in [2.45, 2.75) is 19.3 Å². The lowest BCUT2D eigenvalue weighted by Crippen LogP contribution is -2.05.